The molecular weight excluding hydrogens is 612 g/mol. The normalized spacial score (nSPS) is 13.3. The molecule has 0 aliphatic carbocycles. The molecule has 0 aliphatic heterocycles. The topological polar surface area (TPSA) is 93.1 Å². The Morgan fingerprint density at radius 1 is 0.469 bits per heavy atom. The van der Waals surface area contributed by atoms with Crippen molar-refractivity contribution in [2.45, 2.75) is 199 Å². The molecule has 0 amide bonds. The number of hydrogen-bond acceptors (Lipinski definition) is 6. The molecule has 6 heteroatoms. The molecule has 0 aliphatic rings. The van der Waals surface area contributed by atoms with Gasteiger partial charge in [-0.2, -0.15) is 0 Å². The summed E-state index contributed by atoms with van der Waals surface area (Å²) in [7, 11) is 0. The number of rotatable bonds is 36. The highest BCUT2D eigenvalue weighted by Gasteiger charge is 2.12. The zero-order valence-corrected chi connectivity index (χ0v) is 31.8. The summed E-state index contributed by atoms with van der Waals surface area (Å²) in [5.41, 5.74) is 0. The third-order valence-electron chi connectivity index (χ3n) is 8.73. The van der Waals surface area contributed by atoms with Gasteiger partial charge in [-0.05, 0) is 57.8 Å². The fourth-order valence-electron chi connectivity index (χ4n) is 5.47. The van der Waals surface area contributed by atoms with Crippen LogP contribution in [0, 0.1) is 0 Å². The maximum atomic E-state index is 12.0. The lowest BCUT2D eigenvalue weighted by atomic mass is 10.0. The van der Waals surface area contributed by atoms with Gasteiger partial charge in [0.25, 0.3) is 0 Å². The molecule has 0 saturated carbocycles. The van der Waals surface area contributed by atoms with Gasteiger partial charge in [-0.25, -0.2) is 0 Å². The van der Waals surface area contributed by atoms with Crippen molar-refractivity contribution in [3.8, 4) is 0 Å². The molecule has 0 bridgehead atoms. The Morgan fingerprint density at radius 3 is 1.27 bits per heavy atom. The van der Waals surface area contributed by atoms with Crippen molar-refractivity contribution in [2.75, 3.05) is 13.2 Å². The minimum Gasteiger partial charge on any atom is -0.463 e. The molecule has 49 heavy (non-hydrogen) atoms. The van der Waals surface area contributed by atoms with Crippen molar-refractivity contribution in [2.24, 2.45) is 0 Å². The van der Waals surface area contributed by atoms with Gasteiger partial charge in [-0.1, -0.05) is 165 Å². The Labute approximate surface area is 301 Å². The standard InChI is InChI=1S/C43H76O6/c1-3-5-6-7-8-9-10-11-12-13-14-18-21-24-27-30-33-36-42(46)48-38-41(45)39-49-43(47)37-34-31-28-25-22-19-16-15-17-20-23-26-29-32-35-40(44)4-2/h16-17,19-20,25-26,28-29,40-41,44-45H,3-15,18,21-24,27,30-39H2,1-2H3/b19-16-,20-17-,28-25-,29-26-/t40-,41+/m0/s1. The van der Waals surface area contributed by atoms with E-state index in [0.29, 0.717) is 19.3 Å². The monoisotopic (exact) mass is 689 g/mol. The minimum atomic E-state index is -0.994. The second-order valence-electron chi connectivity index (χ2n) is 13.6. The summed E-state index contributed by atoms with van der Waals surface area (Å²) in [6.45, 7) is 3.98. The Balaban J connectivity index is 3.53. The number of aliphatic hydroxyl groups is 2. The van der Waals surface area contributed by atoms with Crippen molar-refractivity contribution >= 4 is 11.9 Å². The predicted molar refractivity (Wildman–Crippen MR) is 206 cm³/mol. The van der Waals surface area contributed by atoms with Gasteiger partial charge in [0.1, 0.15) is 19.3 Å². The second-order valence-corrected chi connectivity index (χ2v) is 13.6. The van der Waals surface area contributed by atoms with Crippen LogP contribution in [0.2, 0.25) is 0 Å². The molecule has 0 radical (unpaired) electrons. The minimum absolute atomic E-state index is 0.140. The summed E-state index contributed by atoms with van der Waals surface area (Å²) < 4.78 is 10.3. The summed E-state index contributed by atoms with van der Waals surface area (Å²) >= 11 is 0. The first-order chi connectivity index (χ1) is 24.0. The van der Waals surface area contributed by atoms with E-state index in [1.165, 1.54) is 89.9 Å². The number of hydrogen-bond donors (Lipinski definition) is 2. The molecule has 0 unspecified atom stereocenters. The third kappa shape index (κ3) is 38.5. The predicted octanol–water partition coefficient (Wildman–Crippen LogP) is 11.6. The van der Waals surface area contributed by atoms with Crippen LogP contribution in [0.25, 0.3) is 0 Å². The Kier molecular flexibility index (Phi) is 36.9. The average molecular weight is 689 g/mol. The molecule has 0 saturated heterocycles. The van der Waals surface area contributed by atoms with Gasteiger partial charge in [0.15, 0.2) is 0 Å². The van der Waals surface area contributed by atoms with E-state index in [9.17, 15) is 19.8 Å². The number of ether oxygens (including phenoxy) is 2. The van der Waals surface area contributed by atoms with Crippen LogP contribution < -0.4 is 0 Å². The molecular formula is C43H76O6. The van der Waals surface area contributed by atoms with E-state index in [1.54, 1.807) is 0 Å². The molecule has 0 heterocycles. The molecule has 2 N–H and O–H groups in total. The summed E-state index contributed by atoms with van der Waals surface area (Å²) in [4.78, 5) is 23.9. The van der Waals surface area contributed by atoms with Crippen LogP contribution >= 0.6 is 0 Å². The van der Waals surface area contributed by atoms with Gasteiger partial charge < -0.3 is 19.7 Å². The van der Waals surface area contributed by atoms with Gasteiger partial charge in [-0.3, -0.25) is 9.59 Å². The number of carbonyl (C=O) groups is 2. The Morgan fingerprint density at radius 2 is 0.837 bits per heavy atom. The van der Waals surface area contributed by atoms with Gasteiger partial charge in [0.05, 0.1) is 6.10 Å². The van der Waals surface area contributed by atoms with Crippen LogP contribution in [0.3, 0.4) is 0 Å². The maximum Gasteiger partial charge on any atom is 0.305 e. The number of esters is 2. The van der Waals surface area contributed by atoms with E-state index in [4.69, 9.17) is 9.47 Å². The van der Waals surface area contributed by atoms with Gasteiger partial charge in [0.2, 0.25) is 0 Å². The maximum absolute atomic E-state index is 12.0. The Hall–Kier alpha value is -2.18. The first-order valence-corrected chi connectivity index (χ1v) is 20.3. The quantitative estimate of drug-likeness (QED) is 0.0387. The molecule has 0 aromatic rings. The molecule has 0 rings (SSSR count). The molecule has 0 fully saturated rings. The van der Waals surface area contributed by atoms with E-state index >= 15 is 0 Å². The highest BCUT2D eigenvalue weighted by atomic mass is 16.6. The Bertz CT molecular complexity index is 845. The van der Waals surface area contributed by atoms with E-state index in [-0.39, 0.29) is 31.3 Å². The summed E-state index contributed by atoms with van der Waals surface area (Å²) in [6, 6.07) is 0. The van der Waals surface area contributed by atoms with E-state index < -0.39 is 6.10 Å². The zero-order valence-electron chi connectivity index (χ0n) is 31.8. The molecule has 0 aromatic heterocycles. The largest absolute Gasteiger partial charge is 0.463 e. The van der Waals surface area contributed by atoms with Crippen molar-refractivity contribution < 1.29 is 29.3 Å². The number of carbonyl (C=O) groups excluding carboxylic acids is 2. The summed E-state index contributed by atoms with van der Waals surface area (Å²) in [5.74, 6) is -0.643. The van der Waals surface area contributed by atoms with Crippen molar-refractivity contribution in [3.63, 3.8) is 0 Å². The molecule has 0 spiro atoms. The highest BCUT2D eigenvalue weighted by Crippen LogP contribution is 2.14. The van der Waals surface area contributed by atoms with Crippen LogP contribution in [0.1, 0.15) is 187 Å². The van der Waals surface area contributed by atoms with Crippen LogP contribution in [0.5, 0.6) is 0 Å². The lowest BCUT2D eigenvalue weighted by Gasteiger charge is -2.12. The molecule has 0 aromatic carbocycles. The highest BCUT2D eigenvalue weighted by molar-refractivity contribution is 5.69. The lowest BCUT2D eigenvalue weighted by Crippen LogP contribution is -2.25. The van der Waals surface area contributed by atoms with Crippen LogP contribution in [0.4, 0.5) is 0 Å². The summed E-state index contributed by atoms with van der Waals surface area (Å²) in [5, 5.41) is 19.5. The SMILES string of the molecule is CCCCCCCCCCCCCCCCCCCC(=O)OC[C@@H](O)COC(=O)CCC/C=C\C/C=C\C/C=C\C/C=C\CC[C@@H](O)CC. The molecule has 284 valence electrons. The van der Waals surface area contributed by atoms with Gasteiger partial charge in [0, 0.05) is 12.8 Å². The fourth-order valence-corrected chi connectivity index (χ4v) is 5.47. The first-order valence-electron chi connectivity index (χ1n) is 20.3. The van der Waals surface area contributed by atoms with Crippen molar-refractivity contribution in [1.29, 1.82) is 0 Å². The van der Waals surface area contributed by atoms with Gasteiger partial charge >= 0.3 is 11.9 Å². The first kappa shape index (κ1) is 46.8. The summed E-state index contributed by atoms with van der Waals surface area (Å²) in [6.07, 6.45) is 45.4. The number of allylic oxidation sites excluding steroid dienone is 8. The van der Waals surface area contributed by atoms with E-state index in [1.807, 2.05) is 6.92 Å². The van der Waals surface area contributed by atoms with Crippen molar-refractivity contribution in [1.82, 2.24) is 0 Å². The average Bonchev–Trinajstić information content (AvgIpc) is 3.10. The van der Waals surface area contributed by atoms with Crippen molar-refractivity contribution in [3.05, 3.63) is 48.6 Å². The van der Waals surface area contributed by atoms with E-state index in [0.717, 1.165) is 64.2 Å². The van der Waals surface area contributed by atoms with Crippen LogP contribution in [0.15, 0.2) is 48.6 Å². The van der Waals surface area contributed by atoms with Crippen LogP contribution in [-0.2, 0) is 19.1 Å². The molecule has 2 atom stereocenters. The number of unbranched alkanes of at least 4 members (excludes halogenated alkanes) is 17. The second kappa shape index (κ2) is 38.6. The van der Waals surface area contributed by atoms with E-state index in [2.05, 4.69) is 55.5 Å². The van der Waals surface area contributed by atoms with Gasteiger partial charge in [-0.15, -0.1) is 0 Å². The fraction of sp³-hybridized carbons (Fsp3) is 0.767. The molecule has 6 nitrogen and oxygen atoms in total. The lowest BCUT2D eigenvalue weighted by molar-refractivity contribution is -0.152. The van der Waals surface area contributed by atoms with Crippen LogP contribution in [-0.4, -0.2) is 47.6 Å². The number of aliphatic hydroxyl groups excluding tert-OH is 2. The zero-order chi connectivity index (χ0) is 35.9. The smallest absolute Gasteiger partial charge is 0.305 e. The third-order valence-corrected chi connectivity index (χ3v) is 8.73.